The van der Waals surface area contributed by atoms with E-state index in [0.717, 1.165) is 0 Å². The molecule has 0 saturated heterocycles. The normalized spacial score (nSPS) is 8.43. The molecule has 0 bridgehead atoms. The molecule has 0 amide bonds. The van der Waals surface area contributed by atoms with Gasteiger partial charge in [0.2, 0.25) is 0 Å². The second kappa shape index (κ2) is 7.66. The van der Waals surface area contributed by atoms with Crippen LogP contribution in [0.3, 0.4) is 0 Å². The molecule has 0 heterocycles. The van der Waals surface area contributed by atoms with Gasteiger partial charge in [0.15, 0.2) is 0 Å². The van der Waals surface area contributed by atoms with Gasteiger partial charge in [0.1, 0.15) is 0 Å². The molecule has 7 heavy (non-hydrogen) atoms. The van der Waals surface area contributed by atoms with Crippen LogP contribution in [0, 0.1) is 0 Å². The molecule has 0 atom stereocenters. The molecule has 0 spiro atoms. The molecule has 3 N–H and O–H groups in total. The third-order valence-corrected chi connectivity index (χ3v) is 0. The summed E-state index contributed by atoms with van der Waals surface area (Å²) in [5, 5.41) is 0. The van der Waals surface area contributed by atoms with E-state index in [2.05, 4.69) is 0 Å². The molecular weight excluding hydrogens is 220 g/mol. The molecule has 7 heteroatoms. The molecule has 0 unspecified atom stereocenters. The van der Waals surface area contributed by atoms with E-state index in [1.54, 1.807) is 0 Å². The van der Waals surface area contributed by atoms with Crippen molar-refractivity contribution in [3.05, 3.63) is 0 Å². The Morgan fingerprint density at radius 1 is 1.14 bits per heavy atom. The van der Waals surface area contributed by atoms with Crippen molar-refractivity contribution in [2.75, 3.05) is 0 Å². The zero-order valence-electron chi connectivity index (χ0n) is 2.20. The summed E-state index contributed by atoms with van der Waals surface area (Å²) < 4.78 is 8.88. The Labute approximate surface area is 133 Å². The first-order chi connectivity index (χ1) is 2.00. The molecule has 0 aliphatic rings. The van der Waals surface area contributed by atoms with Crippen LogP contribution in [0.2, 0.25) is 0 Å². The standard InChI is InChI=1S/K.H3O4P.Rb.2H/c;1-5(2,3)4;;;/h;(H3,1,2,3,4);;;. The summed E-state index contributed by atoms with van der Waals surface area (Å²) >= 11 is 0. The average Bonchev–Trinajstić information content (AvgIpc) is 0.722. The molecule has 36 valence electrons. The topological polar surface area (TPSA) is 77.8 Å². The van der Waals surface area contributed by atoms with E-state index >= 15 is 0 Å². The summed E-state index contributed by atoms with van der Waals surface area (Å²) in [6.07, 6.45) is 0. The van der Waals surface area contributed by atoms with E-state index in [-0.39, 0.29) is 110 Å². The Morgan fingerprint density at radius 3 is 1.14 bits per heavy atom. The van der Waals surface area contributed by atoms with E-state index in [4.69, 9.17) is 19.2 Å². The molecule has 0 saturated carbocycles. The van der Waals surface area contributed by atoms with E-state index in [1.807, 2.05) is 0 Å². The van der Waals surface area contributed by atoms with Crippen LogP contribution in [-0.4, -0.2) is 124 Å². The van der Waals surface area contributed by atoms with Gasteiger partial charge >= 0.3 is 117 Å². The third-order valence-electron chi connectivity index (χ3n) is 0. The number of rotatable bonds is 0. The van der Waals surface area contributed by atoms with Gasteiger partial charge in [0.05, 0.1) is 0 Å². The predicted octanol–water partition coefficient (Wildman–Crippen LogP) is -2.23. The fourth-order valence-electron chi connectivity index (χ4n) is 0. The summed E-state index contributed by atoms with van der Waals surface area (Å²) in [6, 6.07) is 0. The minimum absolute atomic E-state index is 0. The summed E-state index contributed by atoms with van der Waals surface area (Å²) in [5.74, 6) is 0. The molecule has 0 aliphatic heterocycles. The third kappa shape index (κ3) is 43.2. The number of phosphoric acid groups is 1. The van der Waals surface area contributed by atoms with Gasteiger partial charge in [-0.15, -0.1) is 0 Å². The summed E-state index contributed by atoms with van der Waals surface area (Å²) in [4.78, 5) is 21.6. The number of hydrogen-bond donors (Lipinski definition) is 3. The van der Waals surface area contributed by atoms with Gasteiger partial charge in [-0.1, -0.05) is 0 Å². The summed E-state index contributed by atoms with van der Waals surface area (Å²) in [5.41, 5.74) is 0. The maximum absolute atomic E-state index is 8.88. The molecule has 0 aromatic carbocycles. The fourth-order valence-corrected chi connectivity index (χ4v) is 0. The minimum atomic E-state index is -4.64. The zero-order valence-corrected chi connectivity index (χ0v) is 3.09. The monoisotopic (exact) mass is 224 g/mol. The zero-order chi connectivity index (χ0) is 4.50. The Hall–Kier alpha value is 3.55. The first-order valence-electron chi connectivity index (χ1n) is 0.783. The van der Waals surface area contributed by atoms with Gasteiger partial charge in [-0.05, 0) is 0 Å². The van der Waals surface area contributed by atoms with Gasteiger partial charge in [-0.25, -0.2) is 4.57 Å². The van der Waals surface area contributed by atoms with Gasteiger partial charge in [0, 0.05) is 0 Å². The van der Waals surface area contributed by atoms with Gasteiger partial charge in [-0.3, -0.25) is 0 Å². The van der Waals surface area contributed by atoms with Crippen LogP contribution >= 0.6 is 7.82 Å². The Kier molecular flexibility index (Phi) is 18.5. The SMILES string of the molecule is O=P(O)(O)O.[KH].[RbH]. The van der Waals surface area contributed by atoms with Crippen LogP contribution in [0.1, 0.15) is 0 Å². The second-order valence-electron chi connectivity index (χ2n) is 0.513. The molecule has 4 nitrogen and oxygen atoms in total. The quantitative estimate of drug-likeness (QED) is 0.322. The van der Waals surface area contributed by atoms with Gasteiger partial charge in [0.25, 0.3) is 0 Å². The van der Waals surface area contributed by atoms with Crippen molar-refractivity contribution in [2.24, 2.45) is 0 Å². The van der Waals surface area contributed by atoms with Crippen molar-refractivity contribution >= 4 is 117 Å². The van der Waals surface area contributed by atoms with Crippen molar-refractivity contribution in [1.82, 2.24) is 0 Å². The predicted molar refractivity (Wildman–Crippen MR) is 28.6 cm³/mol. The van der Waals surface area contributed by atoms with E-state index < -0.39 is 7.82 Å². The first-order valence-corrected chi connectivity index (χ1v) is 2.35. The van der Waals surface area contributed by atoms with Crippen LogP contribution in [0.5, 0.6) is 0 Å². The molecule has 0 aliphatic carbocycles. The molecule has 0 radical (unpaired) electrons. The first kappa shape index (κ1) is 16.9. The second-order valence-corrected chi connectivity index (χ2v) is 1.54. The summed E-state index contributed by atoms with van der Waals surface area (Å²) in [6.45, 7) is 0. The maximum atomic E-state index is 8.88. The Morgan fingerprint density at radius 2 is 1.14 bits per heavy atom. The molecular formula is H5KO4PRb. The average molecular weight is 225 g/mol. The molecule has 0 aromatic heterocycles. The van der Waals surface area contributed by atoms with E-state index in [0.29, 0.717) is 0 Å². The van der Waals surface area contributed by atoms with Gasteiger partial charge < -0.3 is 14.7 Å². The van der Waals surface area contributed by atoms with Crippen LogP contribution < -0.4 is 0 Å². The van der Waals surface area contributed by atoms with Gasteiger partial charge in [-0.2, -0.15) is 0 Å². The summed E-state index contributed by atoms with van der Waals surface area (Å²) in [7, 11) is -4.64. The van der Waals surface area contributed by atoms with Crippen LogP contribution in [0.25, 0.3) is 0 Å². The Balaban J connectivity index is -0.0000000800. The van der Waals surface area contributed by atoms with E-state index in [9.17, 15) is 0 Å². The van der Waals surface area contributed by atoms with Crippen molar-refractivity contribution < 1.29 is 19.2 Å². The van der Waals surface area contributed by atoms with Crippen molar-refractivity contribution in [1.29, 1.82) is 0 Å². The van der Waals surface area contributed by atoms with Crippen LogP contribution in [0.15, 0.2) is 0 Å². The molecule has 0 aromatic rings. The Bertz CT molecular complexity index is 57.8. The molecule has 0 rings (SSSR count). The van der Waals surface area contributed by atoms with Crippen LogP contribution in [-0.2, 0) is 4.57 Å². The van der Waals surface area contributed by atoms with Crippen molar-refractivity contribution in [3.63, 3.8) is 0 Å². The number of hydrogen-bond acceptors (Lipinski definition) is 1. The van der Waals surface area contributed by atoms with Crippen molar-refractivity contribution in [3.8, 4) is 0 Å². The van der Waals surface area contributed by atoms with E-state index in [1.165, 1.54) is 0 Å². The van der Waals surface area contributed by atoms with Crippen LogP contribution in [0.4, 0.5) is 0 Å². The fraction of sp³-hybridized carbons (Fsp3) is 0. The molecule has 0 fully saturated rings. The van der Waals surface area contributed by atoms with Crippen molar-refractivity contribution in [2.45, 2.75) is 0 Å².